The van der Waals surface area contributed by atoms with Crippen molar-refractivity contribution in [2.75, 3.05) is 26.9 Å². The molecule has 0 aromatic rings. The van der Waals surface area contributed by atoms with E-state index in [0.717, 1.165) is 6.42 Å². The molecule has 0 aliphatic rings. The molecule has 0 fully saturated rings. The second-order valence-corrected chi connectivity index (χ2v) is 2.69. The summed E-state index contributed by atoms with van der Waals surface area (Å²) in [5, 5.41) is 8.42. The second-order valence-electron chi connectivity index (χ2n) is 2.69. The molecule has 0 aliphatic heterocycles. The molecule has 0 amide bonds. The zero-order chi connectivity index (χ0) is 10.1. The van der Waals surface area contributed by atoms with Gasteiger partial charge >= 0.3 is 5.97 Å². The molecule has 3 N–H and O–H groups in total. The average molecular weight is 191 g/mol. The van der Waals surface area contributed by atoms with Crippen molar-refractivity contribution in [2.24, 2.45) is 5.73 Å². The van der Waals surface area contributed by atoms with Gasteiger partial charge in [0.1, 0.15) is 6.04 Å². The van der Waals surface area contributed by atoms with Gasteiger partial charge in [-0.05, 0) is 12.8 Å². The number of nitrogens with two attached hydrogens (primary N) is 1. The first kappa shape index (κ1) is 12.3. The van der Waals surface area contributed by atoms with Crippen molar-refractivity contribution >= 4 is 5.97 Å². The largest absolute Gasteiger partial charge is 0.480 e. The minimum Gasteiger partial charge on any atom is -0.480 e. The van der Waals surface area contributed by atoms with Gasteiger partial charge in [0.15, 0.2) is 0 Å². The lowest BCUT2D eigenvalue weighted by molar-refractivity contribution is -0.139. The van der Waals surface area contributed by atoms with Crippen LogP contribution in [0.4, 0.5) is 0 Å². The van der Waals surface area contributed by atoms with E-state index in [-0.39, 0.29) is 0 Å². The first-order valence-corrected chi connectivity index (χ1v) is 4.23. The summed E-state index contributed by atoms with van der Waals surface area (Å²) < 4.78 is 9.94. The number of hydrogen-bond donors (Lipinski definition) is 2. The van der Waals surface area contributed by atoms with Crippen LogP contribution in [0.3, 0.4) is 0 Å². The quantitative estimate of drug-likeness (QED) is 0.521. The summed E-state index contributed by atoms with van der Waals surface area (Å²) in [7, 11) is 1.63. The minimum atomic E-state index is -0.986. The van der Waals surface area contributed by atoms with E-state index in [4.69, 9.17) is 20.3 Å². The fourth-order valence-electron chi connectivity index (χ4n) is 0.741. The Morgan fingerprint density at radius 3 is 2.69 bits per heavy atom. The Morgan fingerprint density at radius 1 is 1.46 bits per heavy atom. The van der Waals surface area contributed by atoms with Gasteiger partial charge in [0, 0.05) is 26.9 Å². The van der Waals surface area contributed by atoms with Crippen LogP contribution in [0.5, 0.6) is 0 Å². The van der Waals surface area contributed by atoms with E-state index < -0.39 is 12.0 Å². The first-order valence-electron chi connectivity index (χ1n) is 4.23. The van der Waals surface area contributed by atoms with Crippen molar-refractivity contribution in [1.82, 2.24) is 0 Å². The monoisotopic (exact) mass is 191 g/mol. The SMILES string of the molecule is COCCCOCC[C@@H](N)C(=O)O. The molecule has 5 heteroatoms. The number of rotatable bonds is 8. The normalized spacial score (nSPS) is 12.8. The number of ether oxygens (including phenoxy) is 2. The molecule has 0 saturated carbocycles. The van der Waals surface area contributed by atoms with Crippen LogP contribution in [0.25, 0.3) is 0 Å². The highest BCUT2D eigenvalue weighted by molar-refractivity contribution is 5.72. The van der Waals surface area contributed by atoms with Crippen LogP contribution in [-0.2, 0) is 14.3 Å². The van der Waals surface area contributed by atoms with Gasteiger partial charge in [0.25, 0.3) is 0 Å². The molecule has 0 spiro atoms. The molecule has 0 rings (SSSR count). The topological polar surface area (TPSA) is 81.8 Å². The van der Waals surface area contributed by atoms with E-state index in [1.54, 1.807) is 7.11 Å². The van der Waals surface area contributed by atoms with E-state index in [2.05, 4.69) is 0 Å². The average Bonchev–Trinajstić information content (AvgIpc) is 2.10. The third kappa shape index (κ3) is 7.70. The second kappa shape index (κ2) is 7.97. The molecule has 13 heavy (non-hydrogen) atoms. The van der Waals surface area contributed by atoms with Crippen LogP contribution in [0, 0.1) is 0 Å². The Labute approximate surface area is 77.8 Å². The van der Waals surface area contributed by atoms with Crippen LogP contribution in [0.1, 0.15) is 12.8 Å². The predicted molar refractivity (Wildman–Crippen MR) is 47.5 cm³/mol. The van der Waals surface area contributed by atoms with Crippen molar-refractivity contribution in [2.45, 2.75) is 18.9 Å². The predicted octanol–water partition coefficient (Wildman–Crippen LogP) is -0.158. The maximum absolute atomic E-state index is 10.3. The number of aliphatic carboxylic acids is 1. The molecule has 0 saturated heterocycles. The van der Waals surface area contributed by atoms with E-state index in [1.165, 1.54) is 0 Å². The molecule has 1 atom stereocenters. The zero-order valence-corrected chi connectivity index (χ0v) is 7.86. The van der Waals surface area contributed by atoms with Gasteiger partial charge in [-0.1, -0.05) is 0 Å². The molecule has 0 radical (unpaired) electrons. The number of carboxylic acid groups (broad SMARTS) is 1. The Hall–Kier alpha value is -0.650. The van der Waals surface area contributed by atoms with Crippen LogP contribution in [0.2, 0.25) is 0 Å². The molecular weight excluding hydrogens is 174 g/mol. The van der Waals surface area contributed by atoms with Gasteiger partial charge < -0.3 is 20.3 Å². The summed E-state index contributed by atoms with van der Waals surface area (Å²) in [6.07, 6.45) is 1.17. The van der Waals surface area contributed by atoms with Gasteiger partial charge in [0.2, 0.25) is 0 Å². The number of methoxy groups -OCH3 is 1. The molecule has 0 aromatic heterocycles. The van der Waals surface area contributed by atoms with Crippen molar-refractivity contribution in [3.05, 3.63) is 0 Å². The first-order chi connectivity index (χ1) is 6.18. The summed E-state index contributed by atoms with van der Waals surface area (Å²) in [5.74, 6) is -0.986. The van der Waals surface area contributed by atoms with Crippen molar-refractivity contribution in [3.63, 3.8) is 0 Å². The Morgan fingerprint density at radius 2 is 2.15 bits per heavy atom. The number of hydrogen-bond acceptors (Lipinski definition) is 4. The van der Waals surface area contributed by atoms with Gasteiger partial charge in [0.05, 0.1) is 0 Å². The zero-order valence-electron chi connectivity index (χ0n) is 7.86. The fraction of sp³-hybridized carbons (Fsp3) is 0.875. The summed E-state index contributed by atoms with van der Waals surface area (Å²) in [4.78, 5) is 10.3. The standard InChI is InChI=1S/C8H17NO4/c1-12-4-2-5-13-6-3-7(9)8(10)11/h7H,2-6,9H2,1H3,(H,10,11)/t7-/m1/s1. The third-order valence-electron chi connectivity index (χ3n) is 1.53. The maximum Gasteiger partial charge on any atom is 0.320 e. The van der Waals surface area contributed by atoms with Gasteiger partial charge in [-0.2, -0.15) is 0 Å². The maximum atomic E-state index is 10.3. The Bertz CT molecular complexity index is 140. The van der Waals surface area contributed by atoms with Crippen molar-refractivity contribution < 1.29 is 19.4 Å². The number of carboxylic acids is 1. The Kier molecular flexibility index (Phi) is 7.57. The van der Waals surface area contributed by atoms with Crippen molar-refractivity contribution in [1.29, 1.82) is 0 Å². The summed E-state index contributed by atoms with van der Waals surface area (Å²) in [6.45, 7) is 1.63. The van der Waals surface area contributed by atoms with E-state index in [1.807, 2.05) is 0 Å². The molecule has 0 unspecified atom stereocenters. The van der Waals surface area contributed by atoms with Gasteiger partial charge in [-0.25, -0.2) is 0 Å². The molecule has 0 bridgehead atoms. The van der Waals surface area contributed by atoms with Crippen LogP contribution in [0.15, 0.2) is 0 Å². The third-order valence-corrected chi connectivity index (χ3v) is 1.53. The van der Waals surface area contributed by atoms with E-state index in [9.17, 15) is 4.79 Å². The van der Waals surface area contributed by atoms with E-state index in [0.29, 0.717) is 26.2 Å². The summed E-state index contributed by atoms with van der Waals surface area (Å²) in [6, 6.07) is -0.817. The molecule has 78 valence electrons. The Balaban J connectivity index is 3.11. The minimum absolute atomic E-state index is 0.350. The lowest BCUT2D eigenvalue weighted by atomic mass is 10.2. The molecule has 5 nitrogen and oxygen atoms in total. The van der Waals surface area contributed by atoms with Crippen molar-refractivity contribution in [3.8, 4) is 0 Å². The van der Waals surface area contributed by atoms with Gasteiger partial charge in [-0.3, -0.25) is 4.79 Å². The molecule has 0 aromatic carbocycles. The fourth-order valence-corrected chi connectivity index (χ4v) is 0.741. The highest BCUT2D eigenvalue weighted by atomic mass is 16.5. The number of carbonyl (C=O) groups is 1. The van der Waals surface area contributed by atoms with Crippen LogP contribution in [-0.4, -0.2) is 44.0 Å². The molecule has 0 aliphatic carbocycles. The lowest BCUT2D eigenvalue weighted by Gasteiger charge is -2.06. The summed E-state index contributed by atoms with van der Waals surface area (Å²) in [5.41, 5.74) is 5.25. The lowest BCUT2D eigenvalue weighted by Crippen LogP contribution is -2.31. The van der Waals surface area contributed by atoms with E-state index >= 15 is 0 Å². The highest BCUT2D eigenvalue weighted by Crippen LogP contribution is 1.91. The molecular formula is C8H17NO4. The van der Waals surface area contributed by atoms with Crippen LogP contribution < -0.4 is 5.73 Å². The summed E-state index contributed by atoms with van der Waals surface area (Å²) >= 11 is 0. The highest BCUT2D eigenvalue weighted by Gasteiger charge is 2.09. The van der Waals surface area contributed by atoms with Crippen LogP contribution >= 0.6 is 0 Å². The molecule has 0 heterocycles. The smallest absolute Gasteiger partial charge is 0.320 e. The van der Waals surface area contributed by atoms with Gasteiger partial charge in [-0.15, -0.1) is 0 Å².